The lowest BCUT2D eigenvalue weighted by molar-refractivity contribution is -0.192. The van der Waals surface area contributed by atoms with E-state index in [1.165, 1.54) is 0 Å². The van der Waals surface area contributed by atoms with Gasteiger partial charge in [0.2, 0.25) is 11.9 Å². The van der Waals surface area contributed by atoms with Crippen LogP contribution < -0.4 is 4.90 Å². The zero-order chi connectivity index (χ0) is 26.0. The van der Waals surface area contributed by atoms with Crippen molar-refractivity contribution >= 4 is 23.9 Å². The van der Waals surface area contributed by atoms with Crippen LogP contribution in [0.15, 0.2) is 18.5 Å². The van der Waals surface area contributed by atoms with Crippen molar-refractivity contribution in [2.75, 3.05) is 58.3 Å². The minimum atomic E-state index is -5.08. The Morgan fingerprint density at radius 2 is 1.66 bits per heavy atom. The van der Waals surface area contributed by atoms with Gasteiger partial charge in [-0.2, -0.15) is 13.2 Å². The molecule has 3 aliphatic rings. The molecule has 2 spiro atoms. The fraction of sp³-hybridized carbons (Fsp3) is 0.682. The lowest BCUT2D eigenvalue weighted by atomic mass is 9.60. The van der Waals surface area contributed by atoms with E-state index in [-0.39, 0.29) is 17.4 Å². The first-order valence-corrected chi connectivity index (χ1v) is 11.4. The summed E-state index contributed by atoms with van der Waals surface area (Å²) in [7, 11) is 3.58. The average Bonchev–Trinajstić information content (AvgIpc) is 3.32. The second-order valence-electron chi connectivity index (χ2n) is 9.37. The van der Waals surface area contributed by atoms with Crippen LogP contribution in [-0.4, -0.2) is 107 Å². The number of alkyl halides is 3. The van der Waals surface area contributed by atoms with E-state index in [1.807, 2.05) is 15.9 Å². The van der Waals surface area contributed by atoms with Crippen molar-refractivity contribution in [2.45, 2.75) is 32.4 Å². The third kappa shape index (κ3) is 4.98. The molecule has 4 heterocycles. The maximum absolute atomic E-state index is 13.5. The molecule has 1 N–H and O–H groups in total. The number of hydrogen-bond donors (Lipinski definition) is 1. The third-order valence-corrected chi connectivity index (χ3v) is 7.31. The van der Waals surface area contributed by atoms with Crippen molar-refractivity contribution in [1.82, 2.24) is 24.7 Å². The van der Waals surface area contributed by atoms with Gasteiger partial charge in [0.1, 0.15) is 0 Å². The Balaban J connectivity index is 0.000000429. The molecule has 0 aliphatic carbocycles. The van der Waals surface area contributed by atoms with E-state index in [0.29, 0.717) is 25.6 Å². The molecule has 3 fully saturated rings. The van der Waals surface area contributed by atoms with Gasteiger partial charge in [-0.25, -0.2) is 19.6 Å². The van der Waals surface area contributed by atoms with E-state index in [9.17, 15) is 22.8 Å². The van der Waals surface area contributed by atoms with Crippen LogP contribution in [0.2, 0.25) is 0 Å². The number of hydrogen-bond acceptors (Lipinski definition) is 6. The summed E-state index contributed by atoms with van der Waals surface area (Å²) in [5.74, 6) is -1.78. The molecule has 4 rings (SSSR count). The van der Waals surface area contributed by atoms with Crippen LogP contribution in [-0.2, 0) is 9.59 Å². The summed E-state index contributed by atoms with van der Waals surface area (Å²) in [4.78, 5) is 51.4. The number of fused-ring (bicyclic) bond motifs is 1. The zero-order valence-electron chi connectivity index (χ0n) is 20.1. The van der Waals surface area contributed by atoms with Gasteiger partial charge < -0.3 is 24.7 Å². The lowest BCUT2D eigenvalue weighted by Gasteiger charge is -2.47. The maximum Gasteiger partial charge on any atom is 0.490 e. The van der Waals surface area contributed by atoms with Gasteiger partial charge in [0.05, 0.1) is 5.41 Å². The highest BCUT2D eigenvalue weighted by atomic mass is 19.4. The largest absolute Gasteiger partial charge is 0.490 e. The summed E-state index contributed by atoms with van der Waals surface area (Å²) >= 11 is 0. The van der Waals surface area contributed by atoms with E-state index >= 15 is 0 Å². The second-order valence-corrected chi connectivity index (χ2v) is 9.37. The van der Waals surface area contributed by atoms with Gasteiger partial charge in [-0.3, -0.25) is 4.79 Å². The average molecular weight is 501 g/mol. The van der Waals surface area contributed by atoms with Crippen molar-refractivity contribution in [3.8, 4) is 0 Å². The van der Waals surface area contributed by atoms with E-state index in [0.717, 1.165) is 38.9 Å². The molecule has 3 amide bonds. The molecule has 0 saturated carbocycles. The van der Waals surface area contributed by atoms with Gasteiger partial charge in [-0.05, 0) is 32.3 Å². The van der Waals surface area contributed by atoms with E-state index in [4.69, 9.17) is 9.90 Å². The SMILES string of the molecule is CCN1CCC2(CN(c3ncccn3)CC23CCN(C(=O)N(C)C)CC3)C1=O.O=C(O)C(F)(F)F. The van der Waals surface area contributed by atoms with Gasteiger partial charge in [-0.15, -0.1) is 0 Å². The van der Waals surface area contributed by atoms with Crippen LogP contribution in [0.3, 0.4) is 0 Å². The monoisotopic (exact) mass is 500 g/mol. The zero-order valence-corrected chi connectivity index (χ0v) is 20.1. The highest BCUT2D eigenvalue weighted by Gasteiger charge is 2.65. The van der Waals surface area contributed by atoms with Crippen LogP contribution in [0.1, 0.15) is 26.2 Å². The molecular weight excluding hydrogens is 469 g/mol. The molecule has 10 nitrogen and oxygen atoms in total. The van der Waals surface area contributed by atoms with Crippen molar-refractivity contribution in [3.63, 3.8) is 0 Å². The van der Waals surface area contributed by atoms with Gasteiger partial charge in [0.25, 0.3) is 0 Å². The number of rotatable bonds is 2. The number of carbonyl (C=O) groups is 3. The Labute approximate surface area is 201 Å². The molecule has 3 aliphatic heterocycles. The Kier molecular flexibility index (Phi) is 7.46. The van der Waals surface area contributed by atoms with E-state index in [2.05, 4.69) is 21.8 Å². The van der Waals surface area contributed by atoms with Crippen LogP contribution >= 0.6 is 0 Å². The van der Waals surface area contributed by atoms with Crippen molar-refractivity contribution in [3.05, 3.63) is 18.5 Å². The lowest BCUT2D eigenvalue weighted by Crippen LogP contribution is -2.54. The summed E-state index contributed by atoms with van der Waals surface area (Å²) < 4.78 is 31.7. The molecule has 13 heteroatoms. The highest BCUT2D eigenvalue weighted by Crippen LogP contribution is 2.58. The first kappa shape index (κ1) is 26.5. The van der Waals surface area contributed by atoms with Gasteiger partial charge in [-0.1, -0.05) is 0 Å². The van der Waals surface area contributed by atoms with Crippen LogP contribution in [0.25, 0.3) is 0 Å². The number of carboxylic acid groups (broad SMARTS) is 1. The number of urea groups is 1. The fourth-order valence-corrected chi connectivity index (χ4v) is 5.48. The number of amides is 3. The Morgan fingerprint density at radius 1 is 1.09 bits per heavy atom. The van der Waals surface area contributed by atoms with E-state index < -0.39 is 17.6 Å². The summed E-state index contributed by atoms with van der Waals surface area (Å²) in [6.45, 7) is 6.47. The Hall–Kier alpha value is -3.12. The molecule has 1 aromatic rings. The predicted molar refractivity (Wildman–Crippen MR) is 120 cm³/mol. The molecule has 35 heavy (non-hydrogen) atoms. The number of piperidine rings is 1. The molecular formula is C22H31F3N6O4. The number of anilines is 1. The number of carboxylic acids is 1. The van der Waals surface area contributed by atoms with Crippen molar-refractivity contribution in [2.24, 2.45) is 10.8 Å². The molecule has 194 valence electrons. The Bertz CT molecular complexity index is 937. The third-order valence-electron chi connectivity index (χ3n) is 7.31. The van der Waals surface area contributed by atoms with Crippen LogP contribution in [0.4, 0.5) is 23.9 Å². The van der Waals surface area contributed by atoms with Gasteiger partial charge >= 0.3 is 18.2 Å². The van der Waals surface area contributed by atoms with Crippen molar-refractivity contribution in [1.29, 1.82) is 0 Å². The smallest absolute Gasteiger partial charge is 0.475 e. The fourth-order valence-electron chi connectivity index (χ4n) is 5.48. The number of carbonyl (C=O) groups excluding carboxylic acids is 2. The van der Waals surface area contributed by atoms with Gasteiger partial charge in [0, 0.05) is 71.2 Å². The molecule has 0 radical (unpaired) electrons. The summed E-state index contributed by atoms with van der Waals surface area (Å²) in [6, 6.07) is 1.87. The number of halogens is 3. The molecule has 0 aromatic carbocycles. The molecule has 0 bridgehead atoms. The molecule has 3 saturated heterocycles. The van der Waals surface area contributed by atoms with Gasteiger partial charge in [0.15, 0.2) is 0 Å². The normalized spacial score (nSPS) is 23.5. The number of likely N-dealkylation sites (tertiary alicyclic amines) is 2. The maximum atomic E-state index is 13.5. The summed E-state index contributed by atoms with van der Waals surface area (Å²) in [5, 5.41) is 7.12. The number of nitrogens with zero attached hydrogens (tertiary/aromatic N) is 6. The topological polar surface area (TPSA) is 110 Å². The second kappa shape index (κ2) is 9.86. The molecule has 1 aromatic heterocycles. The highest BCUT2D eigenvalue weighted by molar-refractivity contribution is 5.87. The molecule has 1 unspecified atom stereocenters. The Morgan fingerprint density at radius 3 is 2.11 bits per heavy atom. The quantitative estimate of drug-likeness (QED) is 0.661. The minimum Gasteiger partial charge on any atom is -0.475 e. The standard InChI is InChI=1S/C20H30N6O2.C2HF3O2/c1-4-24-13-8-20(16(24)27)15-26(17-21-9-5-10-22-17)14-19(20)6-11-25(12-7-19)18(28)23(2)3;3-2(4,5)1(6)7/h5,9-10H,4,6-8,11-15H2,1-3H3;(H,6,7). The number of aromatic nitrogens is 2. The minimum absolute atomic E-state index is 0.0538. The summed E-state index contributed by atoms with van der Waals surface area (Å²) in [6.07, 6.45) is 1.00. The first-order valence-electron chi connectivity index (χ1n) is 11.4. The molecule has 1 atom stereocenters. The summed E-state index contributed by atoms with van der Waals surface area (Å²) in [5.41, 5.74) is -0.522. The first-order chi connectivity index (χ1) is 16.4. The van der Waals surface area contributed by atoms with Crippen molar-refractivity contribution < 1.29 is 32.7 Å². The predicted octanol–water partition coefficient (Wildman–Crippen LogP) is 1.93. The number of aliphatic carboxylic acids is 1. The van der Waals surface area contributed by atoms with Crippen LogP contribution in [0.5, 0.6) is 0 Å². The van der Waals surface area contributed by atoms with E-state index in [1.54, 1.807) is 31.4 Å². The van der Waals surface area contributed by atoms with Crippen LogP contribution in [0, 0.1) is 10.8 Å².